The Morgan fingerprint density at radius 3 is 2.67 bits per heavy atom. The molecule has 3 nitrogen and oxygen atoms in total. The van der Waals surface area contributed by atoms with Crippen LogP contribution in [0.15, 0.2) is 40.9 Å². The van der Waals surface area contributed by atoms with Gasteiger partial charge in [-0.15, -0.1) is 0 Å². The minimum absolute atomic E-state index is 0.297. The van der Waals surface area contributed by atoms with Crippen molar-refractivity contribution in [1.82, 2.24) is 0 Å². The first-order chi connectivity index (χ1) is 8.60. The molecule has 0 aliphatic carbocycles. The smallest absolute Gasteiger partial charge is 0.145 e. The molecule has 18 heavy (non-hydrogen) atoms. The predicted octanol–water partition coefficient (Wildman–Crippen LogP) is 3.83. The monoisotopic (exact) mass is 306 g/mol. The largest absolute Gasteiger partial charge is 0.455 e. The minimum Gasteiger partial charge on any atom is -0.455 e. The molecular weight excluding hydrogens is 299 g/mol. The van der Waals surface area contributed by atoms with Crippen LogP contribution >= 0.6 is 15.9 Å². The lowest BCUT2D eigenvalue weighted by Gasteiger charge is -2.09. The van der Waals surface area contributed by atoms with Gasteiger partial charge in [-0.3, -0.25) is 0 Å². The van der Waals surface area contributed by atoms with Crippen molar-refractivity contribution in [2.45, 2.75) is 0 Å². The maximum atomic E-state index is 13.1. The summed E-state index contributed by atoms with van der Waals surface area (Å²) in [6, 6.07) is 10.8. The van der Waals surface area contributed by atoms with Gasteiger partial charge >= 0.3 is 0 Å². The number of nitrogen functional groups attached to an aromatic ring is 1. The van der Waals surface area contributed by atoms with E-state index < -0.39 is 5.82 Å². The Hall–Kier alpha value is -2.06. The topological polar surface area (TPSA) is 59.0 Å². The molecule has 2 rings (SSSR count). The van der Waals surface area contributed by atoms with Gasteiger partial charge in [0.2, 0.25) is 0 Å². The molecule has 5 heteroatoms. The molecule has 0 aliphatic rings. The molecule has 0 heterocycles. The molecule has 2 aromatic carbocycles. The van der Waals surface area contributed by atoms with Crippen LogP contribution in [0.1, 0.15) is 5.56 Å². The first-order valence-corrected chi connectivity index (χ1v) is 5.82. The third kappa shape index (κ3) is 2.60. The van der Waals surface area contributed by atoms with Gasteiger partial charge in [0, 0.05) is 11.8 Å². The number of hydrogen-bond donors (Lipinski definition) is 1. The van der Waals surface area contributed by atoms with Crippen molar-refractivity contribution in [3.05, 3.63) is 52.3 Å². The zero-order chi connectivity index (χ0) is 13.1. The molecule has 0 spiro atoms. The predicted molar refractivity (Wildman–Crippen MR) is 69.7 cm³/mol. The summed E-state index contributed by atoms with van der Waals surface area (Å²) in [5.74, 6) is 0.219. The number of nitriles is 1. The van der Waals surface area contributed by atoms with Crippen molar-refractivity contribution in [3.63, 3.8) is 0 Å². The van der Waals surface area contributed by atoms with E-state index in [4.69, 9.17) is 15.7 Å². The first-order valence-electron chi connectivity index (χ1n) is 5.02. The number of hydrogen-bond acceptors (Lipinski definition) is 3. The van der Waals surface area contributed by atoms with Crippen LogP contribution in [0.25, 0.3) is 0 Å². The fourth-order valence-electron chi connectivity index (χ4n) is 1.40. The fourth-order valence-corrected chi connectivity index (χ4v) is 1.73. The van der Waals surface area contributed by atoms with E-state index in [1.807, 2.05) is 6.07 Å². The van der Waals surface area contributed by atoms with E-state index in [1.54, 1.807) is 12.1 Å². The van der Waals surface area contributed by atoms with Gasteiger partial charge < -0.3 is 10.5 Å². The van der Waals surface area contributed by atoms with Crippen LogP contribution in [0.2, 0.25) is 0 Å². The second-order valence-electron chi connectivity index (χ2n) is 3.54. The summed E-state index contributed by atoms with van der Waals surface area (Å²) >= 11 is 3.25. The standard InChI is InChI=1S/C13H8BrFN2O/c14-11-3-1-9(15)6-13(11)18-12-4-2-10(17)5-8(12)7-16/h1-6H,17H2. The number of ether oxygens (including phenoxy) is 1. The molecule has 2 N–H and O–H groups in total. The highest BCUT2D eigenvalue weighted by Crippen LogP contribution is 2.32. The molecule has 0 atom stereocenters. The fraction of sp³-hybridized carbons (Fsp3) is 0. The van der Waals surface area contributed by atoms with E-state index in [0.717, 1.165) is 0 Å². The first kappa shape index (κ1) is 12.4. The van der Waals surface area contributed by atoms with Crippen molar-refractivity contribution in [3.8, 4) is 17.6 Å². The lowest BCUT2D eigenvalue weighted by molar-refractivity contribution is 0.472. The summed E-state index contributed by atoms with van der Waals surface area (Å²) in [4.78, 5) is 0. The van der Waals surface area contributed by atoms with Crippen molar-refractivity contribution in [1.29, 1.82) is 5.26 Å². The summed E-state index contributed by atoms with van der Waals surface area (Å²) in [5, 5.41) is 8.97. The van der Waals surface area contributed by atoms with Gasteiger partial charge in [-0.25, -0.2) is 4.39 Å². The Bertz CT molecular complexity index is 637. The van der Waals surface area contributed by atoms with Gasteiger partial charge in [-0.05, 0) is 46.3 Å². The highest BCUT2D eigenvalue weighted by atomic mass is 79.9. The maximum absolute atomic E-state index is 13.1. The third-order valence-electron chi connectivity index (χ3n) is 2.24. The van der Waals surface area contributed by atoms with E-state index in [-0.39, 0.29) is 0 Å². The molecule has 0 radical (unpaired) electrons. The lowest BCUT2D eigenvalue weighted by atomic mass is 10.2. The Balaban J connectivity index is 2.40. The lowest BCUT2D eigenvalue weighted by Crippen LogP contribution is -1.92. The van der Waals surface area contributed by atoms with Crippen LogP contribution in [0, 0.1) is 17.1 Å². The number of nitrogens with zero attached hydrogens (tertiary/aromatic N) is 1. The Morgan fingerprint density at radius 2 is 1.94 bits per heavy atom. The number of nitrogens with two attached hydrogens (primary N) is 1. The molecule has 0 unspecified atom stereocenters. The summed E-state index contributed by atoms with van der Waals surface area (Å²) in [6.45, 7) is 0. The van der Waals surface area contributed by atoms with Gasteiger partial charge in [-0.2, -0.15) is 5.26 Å². The van der Waals surface area contributed by atoms with Crippen molar-refractivity contribution >= 4 is 21.6 Å². The summed E-state index contributed by atoms with van der Waals surface area (Å²) in [5.41, 5.74) is 6.34. The molecular formula is C13H8BrFN2O. The molecule has 0 saturated carbocycles. The molecule has 0 aliphatic heterocycles. The van der Waals surface area contributed by atoms with Gasteiger partial charge in [0.25, 0.3) is 0 Å². The van der Waals surface area contributed by atoms with Gasteiger partial charge in [0.1, 0.15) is 23.4 Å². The minimum atomic E-state index is -0.415. The normalized spacial score (nSPS) is 9.83. The number of anilines is 1. The highest BCUT2D eigenvalue weighted by molar-refractivity contribution is 9.10. The SMILES string of the molecule is N#Cc1cc(N)ccc1Oc1cc(F)ccc1Br. The van der Waals surface area contributed by atoms with Crippen molar-refractivity contribution in [2.24, 2.45) is 0 Å². The molecule has 90 valence electrons. The Kier molecular flexibility index (Phi) is 3.49. The molecule has 0 bridgehead atoms. The van der Waals surface area contributed by atoms with Crippen molar-refractivity contribution < 1.29 is 9.13 Å². The molecule has 0 amide bonds. The summed E-state index contributed by atoms with van der Waals surface area (Å²) in [6.07, 6.45) is 0. The van der Waals surface area contributed by atoms with E-state index in [2.05, 4.69) is 15.9 Å². The van der Waals surface area contributed by atoms with Crippen LogP contribution in [0.3, 0.4) is 0 Å². The number of halogens is 2. The molecule has 0 fully saturated rings. The molecule has 0 saturated heterocycles. The van der Waals surface area contributed by atoms with E-state index in [9.17, 15) is 4.39 Å². The van der Waals surface area contributed by atoms with E-state index >= 15 is 0 Å². The Morgan fingerprint density at radius 1 is 1.17 bits per heavy atom. The molecule has 2 aromatic rings. The van der Waals surface area contributed by atoms with Gasteiger partial charge in [0.05, 0.1) is 10.0 Å². The Labute approximate surface area is 112 Å². The average molecular weight is 307 g/mol. The zero-order valence-electron chi connectivity index (χ0n) is 9.15. The van der Waals surface area contributed by atoms with Crippen LogP contribution < -0.4 is 10.5 Å². The summed E-state index contributed by atoms with van der Waals surface area (Å²) in [7, 11) is 0. The third-order valence-corrected chi connectivity index (χ3v) is 2.89. The van der Waals surface area contributed by atoms with Crippen molar-refractivity contribution in [2.75, 3.05) is 5.73 Å². The van der Waals surface area contributed by atoms with Crippen LogP contribution in [0.5, 0.6) is 11.5 Å². The summed E-state index contributed by atoms with van der Waals surface area (Å²) < 4.78 is 19.2. The van der Waals surface area contributed by atoms with E-state index in [1.165, 1.54) is 24.3 Å². The average Bonchev–Trinajstić information content (AvgIpc) is 2.36. The highest BCUT2D eigenvalue weighted by Gasteiger charge is 2.08. The number of rotatable bonds is 2. The van der Waals surface area contributed by atoms with Gasteiger partial charge in [-0.1, -0.05) is 0 Å². The van der Waals surface area contributed by atoms with Crippen LogP contribution in [-0.4, -0.2) is 0 Å². The number of benzene rings is 2. The second-order valence-corrected chi connectivity index (χ2v) is 4.40. The quantitative estimate of drug-likeness (QED) is 0.858. The molecule has 0 aromatic heterocycles. The van der Waals surface area contributed by atoms with E-state index in [0.29, 0.717) is 27.2 Å². The van der Waals surface area contributed by atoms with Crippen LogP contribution in [0.4, 0.5) is 10.1 Å². The second kappa shape index (κ2) is 5.07. The maximum Gasteiger partial charge on any atom is 0.145 e. The van der Waals surface area contributed by atoms with Crippen LogP contribution in [-0.2, 0) is 0 Å². The zero-order valence-corrected chi connectivity index (χ0v) is 10.7. The van der Waals surface area contributed by atoms with Gasteiger partial charge in [0.15, 0.2) is 0 Å².